The second-order valence-electron chi connectivity index (χ2n) is 19.3. The standard InChI is InChI=1S/C60H111NO3/c1-3-5-7-9-11-13-15-17-19-21-23-25-27-29-30-32-34-36-38-40-42-44-46-48-50-52-54-56-60(64)61-58(57-62)59(63)55-53-51-49-47-45-43-41-39-37-35-33-31-28-26-24-22-20-18-16-14-12-10-8-6-4-2/h5,7,11,13,17,19,23,25,53,55,58-59,62-63H,3-4,6,8-10,12,14-16,18,20-22,24,26-52,54,56-57H2,1-2H3,(H,61,64)/b7-5-,13-11-,19-17-,25-23-,55-53+. The number of hydrogen-bond donors (Lipinski definition) is 3. The van der Waals surface area contributed by atoms with Crippen LogP contribution >= 0.6 is 0 Å². The number of nitrogens with one attached hydrogen (secondary N) is 1. The lowest BCUT2D eigenvalue weighted by atomic mass is 10.0. The van der Waals surface area contributed by atoms with Crippen molar-refractivity contribution in [1.82, 2.24) is 5.32 Å². The number of hydrogen-bond acceptors (Lipinski definition) is 3. The van der Waals surface area contributed by atoms with Crippen LogP contribution in [0.2, 0.25) is 0 Å². The fraction of sp³-hybridized carbons (Fsp3) is 0.817. The average molecular weight is 895 g/mol. The highest BCUT2D eigenvalue weighted by atomic mass is 16.3. The van der Waals surface area contributed by atoms with Crippen LogP contribution in [0.25, 0.3) is 0 Å². The maximum absolute atomic E-state index is 12.5. The van der Waals surface area contributed by atoms with Crippen LogP contribution in [0.4, 0.5) is 0 Å². The van der Waals surface area contributed by atoms with Gasteiger partial charge in [0.25, 0.3) is 0 Å². The molecule has 0 spiro atoms. The molecule has 0 fully saturated rings. The van der Waals surface area contributed by atoms with E-state index in [1.807, 2.05) is 6.08 Å². The highest BCUT2D eigenvalue weighted by Crippen LogP contribution is 2.17. The van der Waals surface area contributed by atoms with E-state index in [1.54, 1.807) is 6.08 Å². The van der Waals surface area contributed by atoms with Crippen molar-refractivity contribution in [2.45, 2.75) is 309 Å². The van der Waals surface area contributed by atoms with Gasteiger partial charge in [-0.2, -0.15) is 0 Å². The summed E-state index contributed by atoms with van der Waals surface area (Å²) in [7, 11) is 0. The van der Waals surface area contributed by atoms with Crippen molar-refractivity contribution < 1.29 is 15.0 Å². The Hall–Kier alpha value is -1.91. The van der Waals surface area contributed by atoms with Gasteiger partial charge < -0.3 is 15.5 Å². The van der Waals surface area contributed by atoms with Gasteiger partial charge in [-0.1, -0.05) is 293 Å². The maximum Gasteiger partial charge on any atom is 0.220 e. The van der Waals surface area contributed by atoms with E-state index >= 15 is 0 Å². The minimum atomic E-state index is -0.842. The number of carbonyl (C=O) groups is 1. The molecule has 4 nitrogen and oxygen atoms in total. The smallest absolute Gasteiger partial charge is 0.220 e. The molecule has 0 aliphatic carbocycles. The first-order valence-electron chi connectivity index (χ1n) is 28.5. The SMILES string of the molecule is CC/C=C\C/C=C\C/C=C\C/C=C\CCCCCCCCCCCCCCCCC(=O)NC(CO)C(O)/C=C/CCCCCCCCCCCCCCCCCCCCCCCCC. The zero-order valence-electron chi connectivity index (χ0n) is 43.1. The summed E-state index contributed by atoms with van der Waals surface area (Å²) < 4.78 is 0. The van der Waals surface area contributed by atoms with Crippen LogP contribution in [0.1, 0.15) is 296 Å². The maximum atomic E-state index is 12.5. The lowest BCUT2D eigenvalue weighted by Crippen LogP contribution is -2.45. The fourth-order valence-corrected chi connectivity index (χ4v) is 8.70. The zero-order valence-corrected chi connectivity index (χ0v) is 43.1. The Morgan fingerprint density at radius 3 is 1.03 bits per heavy atom. The van der Waals surface area contributed by atoms with Gasteiger partial charge in [0, 0.05) is 6.42 Å². The van der Waals surface area contributed by atoms with Crippen molar-refractivity contribution in [2.75, 3.05) is 6.61 Å². The van der Waals surface area contributed by atoms with Gasteiger partial charge in [-0.3, -0.25) is 4.79 Å². The third-order valence-corrected chi connectivity index (χ3v) is 13.0. The highest BCUT2D eigenvalue weighted by molar-refractivity contribution is 5.76. The molecule has 0 heterocycles. The van der Waals surface area contributed by atoms with E-state index in [9.17, 15) is 15.0 Å². The van der Waals surface area contributed by atoms with Crippen molar-refractivity contribution in [1.29, 1.82) is 0 Å². The summed E-state index contributed by atoms with van der Waals surface area (Å²) in [6.45, 7) is 4.22. The number of aliphatic hydroxyl groups excluding tert-OH is 2. The van der Waals surface area contributed by atoms with Gasteiger partial charge in [0.05, 0.1) is 18.8 Å². The minimum absolute atomic E-state index is 0.0628. The Morgan fingerprint density at radius 1 is 0.391 bits per heavy atom. The lowest BCUT2D eigenvalue weighted by molar-refractivity contribution is -0.123. The van der Waals surface area contributed by atoms with Crippen molar-refractivity contribution in [3.05, 3.63) is 60.8 Å². The number of unbranched alkanes of at least 4 members (excludes halogenated alkanes) is 37. The molecular weight excluding hydrogens is 783 g/mol. The molecule has 0 saturated carbocycles. The molecule has 0 aliphatic heterocycles. The van der Waals surface area contributed by atoms with Crippen LogP contribution in [0.5, 0.6) is 0 Å². The zero-order chi connectivity index (χ0) is 46.3. The van der Waals surface area contributed by atoms with Crippen LogP contribution in [-0.4, -0.2) is 34.9 Å². The Labute approximate surface area is 400 Å². The monoisotopic (exact) mass is 894 g/mol. The van der Waals surface area contributed by atoms with Gasteiger partial charge in [-0.25, -0.2) is 0 Å². The molecule has 3 N–H and O–H groups in total. The van der Waals surface area contributed by atoms with Gasteiger partial charge in [0.15, 0.2) is 0 Å². The highest BCUT2D eigenvalue weighted by Gasteiger charge is 2.18. The quantitative estimate of drug-likeness (QED) is 0.0421. The van der Waals surface area contributed by atoms with Crippen LogP contribution in [0.3, 0.4) is 0 Å². The molecule has 0 aliphatic rings. The molecule has 2 atom stereocenters. The van der Waals surface area contributed by atoms with Crippen molar-refractivity contribution >= 4 is 5.91 Å². The molecular formula is C60H111NO3. The minimum Gasteiger partial charge on any atom is -0.394 e. The molecule has 0 bridgehead atoms. The van der Waals surface area contributed by atoms with Crippen LogP contribution in [0.15, 0.2) is 60.8 Å². The molecule has 2 unspecified atom stereocenters. The van der Waals surface area contributed by atoms with Gasteiger partial charge in [0.2, 0.25) is 5.91 Å². The lowest BCUT2D eigenvalue weighted by Gasteiger charge is -2.20. The topological polar surface area (TPSA) is 69.6 Å². The van der Waals surface area contributed by atoms with Gasteiger partial charge in [-0.15, -0.1) is 0 Å². The van der Waals surface area contributed by atoms with Gasteiger partial charge in [-0.05, 0) is 57.8 Å². The predicted molar refractivity (Wildman–Crippen MR) is 285 cm³/mol. The van der Waals surface area contributed by atoms with E-state index in [0.29, 0.717) is 6.42 Å². The molecule has 0 aromatic carbocycles. The Kier molecular flexibility index (Phi) is 53.8. The summed E-state index contributed by atoms with van der Waals surface area (Å²) in [6, 6.07) is -0.625. The Balaban J connectivity index is 3.49. The number of amides is 1. The molecule has 0 rings (SSSR count). The van der Waals surface area contributed by atoms with Crippen molar-refractivity contribution in [2.24, 2.45) is 0 Å². The van der Waals surface area contributed by atoms with Crippen LogP contribution < -0.4 is 5.32 Å². The molecule has 374 valence electrons. The average Bonchev–Trinajstić information content (AvgIpc) is 3.30. The van der Waals surface area contributed by atoms with E-state index in [4.69, 9.17) is 0 Å². The largest absolute Gasteiger partial charge is 0.394 e. The Morgan fingerprint density at radius 2 is 0.688 bits per heavy atom. The summed E-state index contributed by atoms with van der Waals surface area (Å²) in [5, 5.41) is 23.2. The predicted octanol–water partition coefficient (Wildman–Crippen LogP) is 18.8. The fourth-order valence-electron chi connectivity index (χ4n) is 8.70. The molecule has 64 heavy (non-hydrogen) atoms. The summed E-state index contributed by atoms with van der Waals surface area (Å²) in [4.78, 5) is 12.5. The molecule has 0 aromatic rings. The van der Waals surface area contributed by atoms with E-state index < -0.39 is 12.1 Å². The molecule has 0 aromatic heterocycles. The molecule has 0 radical (unpaired) electrons. The van der Waals surface area contributed by atoms with Gasteiger partial charge >= 0.3 is 0 Å². The first-order valence-corrected chi connectivity index (χ1v) is 28.5. The van der Waals surface area contributed by atoms with E-state index in [1.165, 1.54) is 225 Å². The summed E-state index contributed by atoms with van der Waals surface area (Å²) in [5.74, 6) is -0.0628. The molecule has 1 amide bonds. The van der Waals surface area contributed by atoms with E-state index in [2.05, 4.69) is 67.8 Å². The molecule has 4 heteroatoms. The number of allylic oxidation sites excluding steroid dienone is 9. The van der Waals surface area contributed by atoms with Gasteiger partial charge in [0.1, 0.15) is 0 Å². The summed E-state index contributed by atoms with van der Waals surface area (Å²) >= 11 is 0. The van der Waals surface area contributed by atoms with Crippen LogP contribution in [-0.2, 0) is 4.79 Å². The first-order chi connectivity index (χ1) is 31.7. The first kappa shape index (κ1) is 62.1. The number of aliphatic hydroxyl groups is 2. The Bertz CT molecular complexity index is 1060. The second kappa shape index (κ2) is 55.4. The normalized spacial score (nSPS) is 13.2. The number of rotatable bonds is 52. The second-order valence-corrected chi connectivity index (χ2v) is 19.3. The van der Waals surface area contributed by atoms with Crippen molar-refractivity contribution in [3.8, 4) is 0 Å². The summed E-state index contributed by atoms with van der Waals surface area (Å²) in [6.07, 6.45) is 78.1. The van der Waals surface area contributed by atoms with Crippen molar-refractivity contribution in [3.63, 3.8) is 0 Å². The summed E-state index contributed by atoms with van der Waals surface area (Å²) in [5.41, 5.74) is 0. The molecule has 0 saturated heterocycles. The van der Waals surface area contributed by atoms with E-state index in [0.717, 1.165) is 51.4 Å². The van der Waals surface area contributed by atoms with E-state index in [-0.39, 0.29) is 12.5 Å². The van der Waals surface area contributed by atoms with Crippen LogP contribution in [0, 0.1) is 0 Å². The third kappa shape index (κ3) is 51.1. The number of carbonyl (C=O) groups excluding carboxylic acids is 1. The third-order valence-electron chi connectivity index (χ3n) is 13.0.